The zero-order chi connectivity index (χ0) is 11.1. The van der Waals surface area contributed by atoms with E-state index < -0.39 is 0 Å². The summed E-state index contributed by atoms with van der Waals surface area (Å²) in [6, 6.07) is 0. The Labute approximate surface area is 88.6 Å². The van der Waals surface area contributed by atoms with Gasteiger partial charge in [-0.15, -0.1) is 0 Å². The van der Waals surface area contributed by atoms with Gasteiger partial charge in [-0.2, -0.15) is 12.6 Å². The number of thiol groups is 1. The van der Waals surface area contributed by atoms with Crippen LogP contribution in [-0.4, -0.2) is 14.2 Å². The Hall–Kier alpha value is -0.840. The zero-order valence-corrected chi connectivity index (χ0v) is 9.80. The second kappa shape index (κ2) is 3.38. The molecule has 0 saturated heterocycles. The molecule has 0 spiro atoms. The van der Waals surface area contributed by atoms with Gasteiger partial charge in [0.05, 0.1) is 5.69 Å². The minimum Gasteiger partial charge on any atom is -0.493 e. The van der Waals surface area contributed by atoms with Gasteiger partial charge in [-0.25, -0.2) is 4.79 Å². The van der Waals surface area contributed by atoms with Gasteiger partial charge in [-0.3, -0.25) is 9.13 Å². The van der Waals surface area contributed by atoms with Crippen LogP contribution in [-0.2, 0) is 18.3 Å². The SMILES string of the molecule is Cn1c(O)c(CS)n(C(C)(C)C)c1=O. The Morgan fingerprint density at radius 2 is 1.93 bits per heavy atom. The summed E-state index contributed by atoms with van der Waals surface area (Å²) in [5.41, 5.74) is 0.0147. The largest absolute Gasteiger partial charge is 0.493 e. The summed E-state index contributed by atoms with van der Waals surface area (Å²) in [5.74, 6) is 0.346. The van der Waals surface area contributed by atoms with Crippen LogP contribution < -0.4 is 5.69 Å². The summed E-state index contributed by atoms with van der Waals surface area (Å²) in [4.78, 5) is 11.7. The predicted octanol–water partition coefficient (Wildman–Crippen LogP) is 1.08. The van der Waals surface area contributed by atoms with E-state index in [9.17, 15) is 9.90 Å². The average molecular weight is 216 g/mol. The highest BCUT2D eigenvalue weighted by Gasteiger charge is 2.24. The molecule has 0 saturated carbocycles. The molecule has 0 aliphatic carbocycles. The molecule has 0 aliphatic heterocycles. The molecular weight excluding hydrogens is 200 g/mol. The van der Waals surface area contributed by atoms with Crippen LogP contribution in [0.5, 0.6) is 5.88 Å². The van der Waals surface area contributed by atoms with Gasteiger partial charge in [0.15, 0.2) is 0 Å². The molecule has 0 bridgehead atoms. The fraction of sp³-hybridized carbons (Fsp3) is 0.667. The molecule has 14 heavy (non-hydrogen) atoms. The predicted molar refractivity (Wildman–Crippen MR) is 59.0 cm³/mol. The zero-order valence-electron chi connectivity index (χ0n) is 8.90. The second-order valence-electron chi connectivity index (χ2n) is 4.28. The monoisotopic (exact) mass is 216 g/mol. The molecule has 80 valence electrons. The lowest BCUT2D eigenvalue weighted by Crippen LogP contribution is -2.35. The maximum atomic E-state index is 11.7. The summed E-state index contributed by atoms with van der Waals surface area (Å²) in [5, 5.41) is 9.66. The van der Waals surface area contributed by atoms with Crippen LogP contribution in [0.2, 0.25) is 0 Å². The van der Waals surface area contributed by atoms with Gasteiger partial charge in [0.2, 0.25) is 5.88 Å². The molecule has 0 atom stereocenters. The van der Waals surface area contributed by atoms with E-state index >= 15 is 0 Å². The van der Waals surface area contributed by atoms with E-state index in [-0.39, 0.29) is 17.1 Å². The van der Waals surface area contributed by atoms with Crippen LogP contribution in [0.15, 0.2) is 4.79 Å². The maximum absolute atomic E-state index is 11.7. The molecule has 0 radical (unpaired) electrons. The Kier molecular flexibility index (Phi) is 2.71. The minimum absolute atomic E-state index is 0.0000694. The molecule has 1 heterocycles. The van der Waals surface area contributed by atoms with E-state index in [1.807, 2.05) is 20.8 Å². The maximum Gasteiger partial charge on any atom is 0.331 e. The third-order valence-electron chi connectivity index (χ3n) is 2.14. The molecule has 0 aromatic carbocycles. The van der Waals surface area contributed by atoms with Gasteiger partial charge < -0.3 is 5.11 Å². The molecule has 0 aliphatic rings. The average Bonchev–Trinajstić information content (AvgIpc) is 2.28. The molecule has 1 rings (SSSR count). The molecular formula is C9H16N2O2S. The first-order valence-corrected chi connectivity index (χ1v) is 5.05. The van der Waals surface area contributed by atoms with E-state index in [0.717, 1.165) is 0 Å². The first-order valence-electron chi connectivity index (χ1n) is 4.41. The second-order valence-corrected chi connectivity index (χ2v) is 4.59. The van der Waals surface area contributed by atoms with Crippen molar-refractivity contribution in [3.63, 3.8) is 0 Å². The number of hydrogen-bond acceptors (Lipinski definition) is 3. The van der Waals surface area contributed by atoms with Crippen LogP contribution in [0, 0.1) is 0 Å². The quantitative estimate of drug-likeness (QED) is 0.690. The molecule has 1 N–H and O–H groups in total. The third kappa shape index (κ3) is 1.56. The van der Waals surface area contributed by atoms with Gasteiger partial charge in [0.25, 0.3) is 0 Å². The van der Waals surface area contributed by atoms with Gasteiger partial charge in [0.1, 0.15) is 0 Å². The van der Waals surface area contributed by atoms with E-state index in [0.29, 0.717) is 11.4 Å². The van der Waals surface area contributed by atoms with Crippen molar-refractivity contribution in [2.45, 2.75) is 32.1 Å². The lowest BCUT2D eigenvalue weighted by Gasteiger charge is -2.21. The van der Waals surface area contributed by atoms with Crippen molar-refractivity contribution in [1.82, 2.24) is 9.13 Å². The molecule has 1 aromatic rings. The first-order chi connectivity index (χ1) is 6.30. The smallest absolute Gasteiger partial charge is 0.331 e. The summed E-state index contributed by atoms with van der Waals surface area (Å²) < 4.78 is 2.80. The summed E-state index contributed by atoms with van der Waals surface area (Å²) in [7, 11) is 1.55. The molecule has 0 amide bonds. The molecule has 0 fully saturated rings. The normalized spacial score (nSPS) is 12.1. The number of nitrogens with zero attached hydrogens (tertiary/aromatic N) is 2. The van der Waals surface area contributed by atoms with Crippen molar-refractivity contribution in [3.05, 3.63) is 16.2 Å². The van der Waals surface area contributed by atoms with Crippen LogP contribution in [0.25, 0.3) is 0 Å². The van der Waals surface area contributed by atoms with Gasteiger partial charge in [0, 0.05) is 18.3 Å². The van der Waals surface area contributed by atoms with Gasteiger partial charge in [-0.05, 0) is 20.8 Å². The fourth-order valence-corrected chi connectivity index (χ4v) is 1.77. The highest BCUT2D eigenvalue weighted by Crippen LogP contribution is 2.23. The lowest BCUT2D eigenvalue weighted by atomic mass is 10.1. The topological polar surface area (TPSA) is 47.2 Å². The Morgan fingerprint density at radius 1 is 1.43 bits per heavy atom. The standard InChI is InChI=1S/C9H16N2O2S/c1-9(2,3)11-6(5-14)7(12)10(4)8(11)13/h12,14H,5H2,1-4H3. The minimum atomic E-state index is -0.339. The van der Waals surface area contributed by atoms with Crippen molar-refractivity contribution in [2.24, 2.45) is 7.05 Å². The number of aromatic nitrogens is 2. The number of imidazole rings is 1. The summed E-state index contributed by atoms with van der Waals surface area (Å²) in [6.45, 7) is 5.75. The molecule has 1 aromatic heterocycles. The van der Waals surface area contributed by atoms with Crippen molar-refractivity contribution >= 4 is 12.6 Å². The van der Waals surface area contributed by atoms with E-state index in [2.05, 4.69) is 12.6 Å². The van der Waals surface area contributed by atoms with Crippen molar-refractivity contribution in [3.8, 4) is 5.88 Å². The highest BCUT2D eigenvalue weighted by atomic mass is 32.1. The number of aromatic hydroxyl groups is 1. The van der Waals surface area contributed by atoms with Crippen LogP contribution in [0.4, 0.5) is 0 Å². The van der Waals surface area contributed by atoms with Crippen LogP contribution >= 0.6 is 12.6 Å². The third-order valence-corrected chi connectivity index (χ3v) is 2.44. The van der Waals surface area contributed by atoms with Gasteiger partial charge in [-0.1, -0.05) is 0 Å². The summed E-state index contributed by atoms with van der Waals surface area (Å²) in [6.07, 6.45) is 0. The van der Waals surface area contributed by atoms with Crippen molar-refractivity contribution in [2.75, 3.05) is 0 Å². The van der Waals surface area contributed by atoms with Crippen LogP contribution in [0.3, 0.4) is 0 Å². The number of rotatable bonds is 1. The van der Waals surface area contributed by atoms with E-state index in [1.165, 1.54) is 4.57 Å². The molecule has 0 unspecified atom stereocenters. The highest BCUT2D eigenvalue weighted by molar-refractivity contribution is 7.79. The van der Waals surface area contributed by atoms with Gasteiger partial charge >= 0.3 is 5.69 Å². The lowest BCUT2D eigenvalue weighted by molar-refractivity contribution is 0.371. The van der Waals surface area contributed by atoms with E-state index in [1.54, 1.807) is 11.6 Å². The molecule has 4 nitrogen and oxygen atoms in total. The molecule has 5 heteroatoms. The van der Waals surface area contributed by atoms with Crippen LogP contribution in [0.1, 0.15) is 26.5 Å². The van der Waals surface area contributed by atoms with Crippen molar-refractivity contribution < 1.29 is 5.11 Å². The van der Waals surface area contributed by atoms with Crippen molar-refractivity contribution in [1.29, 1.82) is 0 Å². The number of hydrogen-bond donors (Lipinski definition) is 2. The van der Waals surface area contributed by atoms with E-state index in [4.69, 9.17) is 0 Å². The fourth-order valence-electron chi connectivity index (χ4n) is 1.48. The summed E-state index contributed by atoms with van der Waals surface area (Å²) >= 11 is 4.11. The first kappa shape index (κ1) is 11.2. The Balaban J connectivity index is 3.58. The Bertz CT molecular complexity index is 398. The Morgan fingerprint density at radius 3 is 2.21 bits per heavy atom.